The molecule has 6 nitrogen and oxygen atoms in total. The first-order valence-electron chi connectivity index (χ1n) is 17.4. The lowest BCUT2D eigenvalue weighted by Crippen LogP contribution is -2.19. The molecule has 2 atom stereocenters. The highest BCUT2D eigenvalue weighted by atomic mass is 16.3. The van der Waals surface area contributed by atoms with Gasteiger partial charge in [0.2, 0.25) is 0 Å². The summed E-state index contributed by atoms with van der Waals surface area (Å²) in [6.07, 6.45) is 2.03. The average molecular weight is 679 g/mol. The summed E-state index contributed by atoms with van der Waals surface area (Å²) in [7, 11) is 0. The van der Waals surface area contributed by atoms with E-state index in [1.807, 2.05) is 30.3 Å². The van der Waals surface area contributed by atoms with E-state index in [0.717, 1.165) is 39.0 Å². The zero-order valence-corrected chi connectivity index (χ0v) is 31.6. The molecule has 1 aliphatic carbocycles. The molecule has 6 heteroatoms. The first-order chi connectivity index (χ1) is 22.8. The van der Waals surface area contributed by atoms with Crippen LogP contribution in [0.15, 0.2) is 54.6 Å². The topological polar surface area (TPSA) is 121 Å². The smallest absolute Gasteiger partial charge is 0.123 e. The lowest BCUT2D eigenvalue weighted by Gasteiger charge is -2.31. The van der Waals surface area contributed by atoms with Crippen LogP contribution in [0.5, 0.6) is 34.5 Å². The van der Waals surface area contributed by atoms with Crippen LogP contribution >= 0.6 is 0 Å². The maximum Gasteiger partial charge on any atom is 0.123 e. The fourth-order valence-corrected chi connectivity index (χ4v) is 7.44. The molecule has 0 aliphatic heterocycles. The monoisotopic (exact) mass is 678 g/mol. The number of hydrogen-bond donors (Lipinski definition) is 6. The highest BCUT2D eigenvalue weighted by molar-refractivity contribution is 5.93. The zero-order chi connectivity index (χ0) is 37.5. The van der Waals surface area contributed by atoms with Crippen molar-refractivity contribution < 1.29 is 30.6 Å². The minimum atomic E-state index is -0.550. The summed E-state index contributed by atoms with van der Waals surface area (Å²) in [4.78, 5) is 0. The van der Waals surface area contributed by atoms with Gasteiger partial charge in [0, 0.05) is 40.7 Å². The third-order valence-corrected chi connectivity index (χ3v) is 9.90. The van der Waals surface area contributed by atoms with Crippen molar-refractivity contribution in [2.45, 2.75) is 117 Å². The Balaban J connectivity index is 1.95. The van der Waals surface area contributed by atoms with E-state index in [9.17, 15) is 30.6 Å². The third-order valence-electron chi connectivity index (χ3n) is 9.90. The van der Waals surface area contributed by atoms with Crippen molar-refractivity contribution >= 4 is 11.6 Å². The normalized spacial score (nSPS) is 17.7. The summed E-state index contributed by atoms with van der Waals surface area (Å²) in [5.41, 5.74) is 5.78. The van der Waals surface area contributed by atoms with Crippen LogP contribution < -0.4 is 0 Å². The van der Waals surface area contributed by atoms with Crippen LogP contribution in [-0.4, -0.2) is 30.6 Å². The summed E-state index contributed by atoms with van der Waals surface area (Å²) in [5, 5.41) is 67.3. The summed E-state index contributed by atoms with van der Waals surface area (Å²) >= 11 is 0. The van der Waals surface area contributed by atoms with Gasteiger partial charge in [-0.05, 0) is 90.9 Å². The number of aromatic hydroxyl groups is 6. The Morgan fingerprint density at radius 1 is 0.440 bits per heavy atom. The van der Waals surface area contributed by atoms with Gasteiger partial charge in [0.1, 0.15) is 34.5 Å². The number of benzene rings is 4. The quantitative estimate of drug-likeness (QED) is 0.128. The third kappa shape index (κ3) is 6.77. The molecule has 50 heavy (non-hydrogen) atoms. The van der Waals surface area contributed by atoms with Crippen molar-refractivity contribution in [2.24, 2.45) is 0 Å². The largest absolute Gasteiger partial charge is 0.508 e. The average Bonchev–Trinajstić information content (AvgIpc) is 3.25. The van der Waals surface area contributed by atoms with Gasteiger partial charge in [-0.1, -0.05) is 101 Å². The van der Waals surface area contributed by atoms with Gasteiger partial charge in [-0.3, -0.25) is 0 Å². The highest BCUT2D eigenvalue weighted by Gasteiger charge is 2.43. The summed E-state index contributed by atoms with van der Waals surface area (Å²) < 4.78 is 0. The van der Waals surface area contributed by atoms with E-state index < -0.39 is 22.7 Å². The molecule has 4 aromatic carbocycles. The van der Waals surface area contributed by atoms with Crippen molar-refractivity contribution in [3.05, 3.63) is 105 Å². The van der Waals surface area contributed by atoms with E-state index >= 15 is 0 Å². The molecule has 0 bridgehead atoms. The fourth-order valence-electron chi connectivity index (χ4n) is 7.44. The molecule has 0 spiro atoms. The summed E-state index contributed by atoms with van der Waals surface area (Å²) in [6, 6.07) is 15.5. The van der Waals surface area contributed by atoms with Gasteiger partial charge in [0.25, 0.3) is 0 Å². The molecule has 4 aromatic rings. The van der Waals surface area contributed by atoms with Crippen LogP contribution in [0.25, 0.3) is 11.6 Å². The fraction of sp³-hybridized carbons (Fsp3) is 0.409. The number of allylic oxidation sites excluding steroid dienone is 1. The Kier molecular flexibility index (Phi) is 8.83. The molecule has 0 saturated heterocycles. The van der Waals surface area contributed by atoms with Crippen molar-refractivity contribution in [3.8, 4) is 34.5 Å². The van der Waals surface area contributed by atoms with Crippen LogP contribution in [0.4, 0.5) is 0 Å². The minimum absolute atomic E-state index is 0.0815. The molecule has 0 heterocycles. The molecular weight excluding hydrogens is 624 g/mol. The van der Waals surface area contributed by atoms with Gasteiger partial charge in [0.15, 0.2) is 0 Å². The minimum Gasteiger partial charge on any atom is -0.508 e. The van der Waals surface area contributed by atoms with Crippen molar-refractivity contribution in [2.75, 3.05) is 0 Å². The Labute approximate surface area is 297 Å². The molecular formula is C44H54O6. The first kappa shape index (κ1) is 36.7. The molecule has 0 saturated carbocycles. The zero-order valence-electron chi connectivity index (χ0n) is 31.6. The second-order valence-corrected chi connectivity index (χ2v) is 18.2. The molecule has 5 rings (SSSR count). The van der Waals surface area contributed by atoms with E-state index in [2.05, 4.69) is 83.1 Å². The van der Waals surface area contributed by atoms with Crippen LogP contribution in [0, 0.1) is 0 Å². The first-order valence-corrected chi connectivity index (χ1v) is 17.4. The van der Waals surface area contributed by atoms with Crippen molar-refractivity contribution in [3.63, 3.8) is 0 Å². The molecule has 266 valence electrons. The SMILES string of the molecule is CC(C)(C)c1cc(/C=C2/c3cc(O)cc(O)c3[C@@H](c3cc(C(C)(C)C)c(O)c(C(C)(C)C)c3)[C@@H]2c2cc(O)cc(O)c2)cc(C(C)(C)C)c1O. The maximum atomic E-state index is 11.7. The van der Waals surface area contributed by atoms with Crippen LogP contribution in [0.2, 0.25) is 0 Å². The molecule has 0 unspecified atom stereocenters. The molecule has 0 radical (unpaired) electrons. The molecule has 6 N–H and O–H groups in total. The van der Waals surface area contributed by atoms with Gasteiger partial charge in [-0.2, -0.15) is 0 Å². The Morgan fingerprint density at radius 2 is 0.820 bits per heavy atom. The number of phenolic OH excluding ortho intramolecular Hbond substituents is 6. The van der Waals surface area contributed by atoms with E-state index in [0.29, 0.717) is 16.7 Å². The molecule has 1 aliphatic rings. The lowest BCUT2D eigenvalue weighted by molar-refractivity contribution is 0.421. The Bertz CT molecular complexity index is 1910. The summed E-state index contributed by atoms with van der Waals surface area (Å²) in [6.45, 7) is 24.7. The highest BCUT2D eigenvalue weighted by Crippen LogP contribution is 2.60. The van der Waals surface area contributed by atoms with Crippen LogP contribution in [0.3, 0.4) is 0 Å². The van der Waals surface area contributed by atoms with Gasteiger partial charge in [0.05, 0.1) is 0 Å². The predicted octanol–water partition coefficient (Wildman–Crippen LogP) is 10.6. The molecule has 0 aromatic heterocycles. The van der Waals surface area contributed by atoms with E-state index in [1.165, 1.54) is 12.1 Å². The van der Waals surface area contributed by atoms with Gasteiger partial charge in [-0.15, -0.1) is 0 Å². The van der Waals surface area contributed by atoms with E-state index in [-0.39, 0.29) is 45.3 Å². The van der Waals surface area contributed by atoms with Crippen LogP contribution in [-0.2, 0) is 21.7 Å². The van der Waals surface area contributed by atoms with Crippen molar-refractivity contribution in [1.29, 1.82) is 0 Å². The number of phenols is 6. The van der Waals surface area contributed by atoms with Gasteiger partial charge >= 0.3 is 0 Å². The van der Waals surface area contributed by atoms with E-state index in [1.54, 1.807) is 18.2 Å². The number of rotatable bonds is 3. The van der Waals surface area contributed by atoms with Crippen LogP contribution in [0.1, 0.15) is 145 Å². The number of fused-ring (bicyclic) bond motifs is 1. The second kappa shape index (κ2) is 12.0. The van der Waals surface area contributed by atoms with E-state index in [4.69, 9.17) is 0 Å². The molecule has 0 fully saturated rings. The predicted molar refractivity (Wildman–Crippen MR) is 203 cm³/mol. The number of hydrogen-bond acceptors (Lipinski definition) is 6. The second-order valence-electron chi connectivity index (χ2n) is 18.2. The van der Waals surface area contributed by atoms with Crippen molar-refractivity contribution in [1.82, 2.24) is 0 Å². The molecule has 0 amide bonds. The van der Waals surface area contributed by atoms with Gasteiger partial charge in [-0.25, -0.2) is 0 Å². The van der Waals surface area contributed by atoms with Gasteiger partial charge < -0.3 is 30.6 Å². The standard InChI is InChI=1S/C44H54O6/c1-41(2,3)31-14-23(15-32(39(31)49)42(4,5)6)13-29-30-21-28(47)22-35(48)38(30)37(36(29)24-16-26(45)20-27(46)17-24)25-18-33(43(7,8)9)40(50)34(19-25)44(10,11)12/h13-22,36-37,45-50H,1-12H3/b29-13-/t36-,37+/m1/s1. The maximum absolute atomic E-state index is 11.7. The lowest BCUT2D eigenvalue weighted by atomic mass is 9.73. The summed E-state index contributed by atoms with van der Waals surface area (Å²) in [5.74, 6) is -0.986. The Morgan fingerprint density at radius 3 is 1.24 bits per heavy atom. The Hall–Kier alpha value is -4.58.